The number of pyridine rings is 1. The zero-order valence-electron chi connectivity index (χ0n) is 18.3. The number of nitrogens with zero attached hydrogens (tertiary/aromatic N) is 2. The van der Waals surface area contributed by atoms with E-state index in [1.807, 2.05) is 18.2 Å². The number of carbonyl (C=O) groups is 1. The minimum atomic E-state index is -0.366. The summed E-state index contributed by atoms with van der Waals surface area (Å²) in [5.74, 6) is -0.448. The molecule has 0 saturated carbocycles. The predicted octanol–water partition coefficient (Wildman–Crippen LogP) is 4.93. The van der Waals surface area contributed by atoms with Crippen LogP contribution in [0.3, 0.4) is 0 Å². The second kappa shape index (κ2) is 8.92. The average molecular weight is 462 g/mol. The molecule has 7 heteroatoms. The molecule has 3 heterocycles. The minimum absolute atomic E-state index is 0.0819. The Labute approximate surface area is 195 Å². The molecule has 1 N–H and O–H groups in total. The first-order valence-electron chi connectivity index (χ1n) is 11.0. The summed E-state index contributed by atoms with van der Waals surface area (Å²) in [7, 11) is 2.11. The second-order valence-corrected chi connectivity index (χ2v) is 9.42. The van der Waals surface area contributed by atoms with E-state index < -0.39 is 0 Å². The molecule has 5 rings (SSSR count). The van der Waals surface area contributed by atoms with Crippen LogP contribution < -0.4 is 10.9 Å². The van der Waals surface area contributed by atoms with Gasteiger partial charge in [-0.3, -0.25) is 14.2 Å². The molecule has 0 aliphatic carbocycles. The van der Waals surface area contributed by atoms with Gasteiger partial charge >= 0.3 is 0 Å². The summed E-state index contributed by atoms with van der Waals surface area (Å²) < 4.78 is 15.1. The number of carbonyl (C=O) groups excluding carboxylic acids is 1. The summed E-state index contributed by atoms with van der Waals surface area (Å²) in [6.07, 6.45) is 1.96. The monoisotopic (exact) mass is 461 g/mol. The topological polar surface area (TPSA) is 54.3 Å². The Hall–Kier alpha value is -3.29. The van der Waals surface area contributed by atoms with Crippen LogP contribution in [0.25, 0.3) is 15.9 Å². The number of rotatable bonds is 5. The van der Waals surface area contributed by atoms with Crippen LogP contribution in [-0.2, 0) is 0 Å². The Morgan fingerprint density at radius 3 is 2.39 bits per heavy atom. The summed E-state index contributed by atoms with van der Waals surface area (Å²) in [5.41, 5.74) is 1.52. The molecule has 0 spiro atoms. The third kappa shape index (κ3) is 4.21. The standard InChI is InChI=1S/C26H24FN3O2S/c1-29-15-13-19(14-16-29)28-25-23(24(32)17-5-3-2-4-6-17)21-11-12-22(31)30(26(21)33-25)20-9-7-18(27)8-10-20/h2-12,19,28H,13-16H2,1H3. The predicted molar refractivity (Wildman–Crippen MR) is 131 cm³/mol. The maximum Gasteiger partial charge on any atom is 0.256 e. The molecular weight excluding hydrogens is 437 g/mol. The molecule has 1 aliphatic heterocycles. The molecule has 0 unspecified atom stereocenters. The second-order valence-electron chi connectivity index (χ2n) is 8.43. The SMILES string of the molecule is CN1CCC(Nc2sc3c(ccc(=O)n3-c3ccc(F)cc3)c2C(=O)c2ccccc2)CC1. The van der Waals surface area contributed by atoms with Crippen molar-refractivity contribution in [2.45, 2.75) is 18.9 Å². The molecule has 33 heavy (non-hydrogen) atoms. The first kappa shape index (κ1) is 21.6. The Bertz CT molecular complexity index is 1350. The van der Waals surface area contributed by atoms with Crippen LogP contribution in [0, 0.1) is 5.82 Å². The van der Waals surface area contributed by atoms with E-state index in [9.17, 15) is 14.0 Å². The summed E-state index contributed by atoms with van der Waals surface area (Å²) in [6, 6.07) is 18.5. The lowest BCUT2D eigenvalue weighted by Crippen LogP contribution is -2.36. The van der Waals surface area contributed by atoms with Gasteiger partial charge in [-0.25, -0.2) is 4.39 Å². The molecule has 0 atom stereocenters. The third-order valence-corrected chi connectivity index (χ3v) is 7.27. The number of hydrogen-bond donors (Lipinski definition) is 1. The third-order valence-electron chi connectivity index (χ3n) is 6.14. The van der Waals surface area contributed by atoms with Crippen molar-refractivity contribution in [3.05, 3.63) is 94.0 Å². The van der Waals surface area contributed by atoms with Crippen LogP contribution in [-0.4, -0.2) is 41.4 Å². The molecule has 168 valence electrons. The van der Waals surface area contributed by atoms with Gasteiger partial charge < -0.3 is 10.2 Å². The van der Waals surface area contributed by atoms with Crippen LogP contribution in [0.5, 0.6) is 0 Å². The summed E-state index contributed by atoms with van der Waals surface area (Å²) in [5, 5.41) is 5.10. The van der Waals surface area contributed by atoms with Gasteiger partial charge in [-0.2, -0.15) is 0 Å². The highest BCUT2D eigenvalue weighted by molar-refractivity contribution is 7.23. The average Bonchev–Trinajstić information content (AvgIpc) is 3.19. The van der Waals surface area contributed by atoms with Crippen molar-refractivity contribution in [2.75, 3.05) is 25.5 Å². The number of anilines is 1. The number of hydrogen-bond acceptors (Lipinski definition) is 5. The zero-order valence-corrected chi connectivity index (χ0v) is 19.1. The van der Waals surface area contributed by atoms with E-state index >= 15 is 0 Å². The van der Waals surface area contributed by atoms with Crippen molar-refractivity contribution >= 4 is 32.3 Å². The normalized spacial score (nSPS) is 15.1. The molecule has 1 saturated heterocycles. The Kier molecular flexibility index (Phi) is 5.83. The molecular formula is C26H24FN3O2S. The number of benzene rings is 2. The van der Waals surface area contributed by atoms with Gasteiger partial charge in [-0.05, 0) is 63.3 Å². The molecule has 0 amide bonds. The molecule has 0 bridgehead atoms. The van der Waals surface area contributed by atoms with Crippen molar-refractivity contribution in [3.63, 3.8) is 0 Å². The van der Waals surface area contributed by atoms with Crippen molar-refractivity contribution in [2.24, 2.45) is 0 Å². The minimum Gasteiger partial charge on any atom is -0.373 e. The lowest BCUT2D eigenvalue weighted by molar-refractivity contribution is 0.104. The number of likely N-dealkylation sites (tertiary alicyclic amines) is 1. The smallest absolute Gasteiger partial charge is 0.256 e. The summed E-state index contributed by atoms with van der Waals surface area (Å²) in [6.45, 7) is 1.98. The van der Waals surface area contributed by atoms with E-state index in [0.29, 0.717) is 27.0 Å². The Morgan fingerprint density at radius 1 is 1.00 bits per heavy atom. The van der Waals surface area contributed by atoms with Crippen molar-refractivity contribution in [3.8, 4) is 5.69 Å². The quantitative estimate of drug-likeness (QED) is 0.428. The fraction of sp³-hybridized carbons (Fsp3) is 0.231. The molecule has 5 nitrogen and oxygen atoms in total. The first-order chi connectivity index (χ1) is 16.0. The van der Waals surface area contributed by atoms with Gasteiger partial charge in [0.1, 0.15) is 15.6 Å². The first-order valence-corrected chi connectivity index (χ1v) is 11.8. The fourth-order valence-corrected chi connectivity index (χ4v) is 5.61. The number of piperidine rings is 1. The lowest BCUT2D eigenvalue weighted by atomic mass is 10.0. The van der Waals surface area contributed by atoms with E-state index in [1.165, 1.54) is 29.5 Å². The maximum absolute atomic E-state index is 13.6. The number of ketones is 1. The van der Waals surface area contributed by atoms with Gasteiger partial charge in [0.05, 0.1) is 11.3 Å². The molecule has 2 aromatic heterocycles. The maximum atomic E-state index is 13.6. The van der Waals surface area contributed by atoms with Gasteiger partial charge in [0.15, 0.2) is 5.78 Å². The largest absolute Gasteiger partial charge is 0.373 e. The van der Waals surface area contributed by atoms with Crippen LogP contribution in [0.1, 0.15) is 28.8 Å². The van der Waals surface area contributed by atoms with E-state index in [-0.39, 0.29) is 23.2 Å². The molecule has 4 aromatic rings. The molecule has 1 fully saturated rings. The summed E-state index contributed by atoms with van der Waals surface area (Å²) in [4.78, 5) is 29.5. The van der Waals surface area contributed by atoms with E-state index in [1.54, 1.807) is 34.9 Å². The van der Waals surface area contributed by atoms with Gasteiger partial charge in [-0.1, -0.05) is 41.7 Å². The number of nitrogens with one attached hydrogen (secondary N) is 1. The highest BCUT2D eigenvalue weighted by Gasteiger charge is 2.25. The van der Waals surface area contributed by atoms with E-state index in [0.717, 1.165) is 30.9 Å². The van der Waals surface area contributed by atoms with Gasteiger partial charge in [0.25, 0.3) is 5.56 Å². The Balaban J connectivity index is 1.68. The van der Waals surface area contributed by atoms with Crippen LogP contribution >= 0.6 is 11.3 Å². The highest BCUT2D eigenvalue weighted by Crippen LogP contribution is 2.38. The van der Waals surface area contributed by atoms with Crippen LogP contribution in [0.2, 0.25) is 0 Å². The van der Waals surface area contributed by atoms with Crippen LogP contribution in [0.4, 0.5) is 9.39 Å². The van der Waals surface area contributed by atoms with Gasteiger partial charge in [0.2, 0.25) is 0 Å². The van der Waals surface area contributed by atoms with Crippen LogP contribution in [0.15, 0.2) is 71.5 Å². The number of aromatic nitrogens is 1. The number of halogens is 1. The number of thiophene rings is 1. The molecule has 1 aliphatic rings. The van der Waals surface area contributed by atoms with Crippen molar-refractivity contribution < 1.29 is 9.18 Å². The van der Waals surface area contributed by atoms with Gasteiger partial charge in [-0.15, -0.1) is 0 Å². The zero-order chi connectivity index (χ0) is 22.9. The van der Waals surface area contributed by atoms with Gasteiger partial charge in [0, 0.05) is 23.1 Å². The van der Waals surface area contributed by atoms with Crippen molar-refractivity contribution in [1.29, 1.82) is 0 Å². The lowest BCUT2D eigenvalue weighted by Gasteiger charge is -2.30. The molecule has 0 radical (unpaired) electrons. The fourth-order valence-electron chi connectivity index (χ4n) is 4.32. The van der Waals surface area contributed by atoms with E-state index in [2.05, 4.69) is 17.3 Å². The summed E-state index contributed by atoms with van der Waals surface area (Å²) >= 11 is 1.40. The van der Waals surface area contributed by atoms with Crippen molar-refractivity contribution in [1.82, 2.24) is 9.47 Å². The van der Waals surface area contributed by atoms with E-state index in [4.69, 9.17) is 0 Å². The molecule has 2 aromatic carbocycles. The highest BCUT2D eigenvalue weighted by atomic mass is 32.1. The number of fused-ring (bicyclic) bond motifs is 1. The Morgan fingerprint density at radius 2 is 1.70 bits per heavy atom.